The number of aromatic nitrogens is 1. The fourth-order valence-electron chi connectivity index (χ4n) is 2.55. The Morgan fingerprint density at radius 1 is 1.12 bits per heavy atom. The average molecular weight is 372 g/mol. The van der Waals surface area contributed by atoms with Crippen molar-refractivity contribution in [3.8, 4) is 5.75 Å². The van der Waals surface area contributed by atoms with Gasteiger partial charge in [0.05, 0.1) is 7.11 Å². The molecular formula is C21H26ClN3O. The van der Waals surface area contributed by atoms with Crippen LogP contribution in [-0.4, -0.2) is 37.6 Å². The molecule has 4 nitrogen and oxygen atoms in total. The summed E-state index contributed by atoms with van der Waals surface area (Å²) in [6, 6.07) is 15.6. The van der Waals surface area contributed by atoms with E-state index in [1.165, 1.54) is 5.56 Å². The van der Waals surface area contributed by atoms with Gasteiger partial charge in [-0.3, -0.25) is 0 Å². The molecule has 0 radical (unpaired) electrons. The van der Waals surface area contributed by atoms with Gasteiger partial charge in [-0.1, -0.05) is 35.9 Å². The third kappa shape index (κ3) is 5.61. The molecule has 0 aliphatic carbocycles. The van der Waals surface area contributed by atoms with Gasteiger partial charge in [-0.25, -0.2) is 4.98 Å². The molecule has 2 N–H and O–H groups in total. The molecule has 1 aromatic heterocycles. The summed E-state index contributed by atoms with van der Waals surface area (Å²) in [4.78, 5) is 6.58. The number of hydrogen-bond acceptors (Lipinski definition) is 4. The Hall–Kier alpha value is -2.30. The standard InChI is InChI=1S/C11H12N2O.C10H14ClN/c1-7-6-9(12)8-4-3-5-10(14-2)11(8)13-7;1-12(2)8-7-9-3-5-10(11)6-4-9/h3-6H,1-2H3,(H2,12,13);3-6H,7-8H2,1-2H3. The maximum atomic E-state index is 5.89. The highest BCUT2D eigenvalue weighted by Gasteiger charge is 2.05. The lowest BCUT2D eigenvalue weighted by molar-refractivity contribution is 0.413. The number of rotatable bonds is 4. The monoisotopic (exact) mass is 371 g/mol. The Bertz CT molecular complexity index is 848. The van der Waals surface area contributed by atoms with Crippen LogP contribution < -0.4 is 10.5 Å². The van der Waals surface area contributed by atoms with Crippen molar-refractivity contribution in [1.82, 2.24) is 9.88 Å². The second-order valence-electron chi connectivity index (χ2n) is 6.39. The molecule has 26 heavy (non-hydrogen) atoms. The first kappa shape index (κ1) is 20.0. The predicted molar refractivity (Wildman–Crippen MR) is 111 cm³/mol. The minimum Gasteiger partial charge on any atom is -0.494 e. The van der Waals surface area contributed by atoms with E-state index in [2.05, 4.69) is 36.1 Å². The van der Waals surface area contributed by atoms with Crippen LogP contribution in [0.1, 0.15) is 11.3 Å². The molecule has 0 amide bonds. The number of nitrogens with zero attached hydrogens (tertiary/aromatic N) is 2. The summed E-state index contributed by atoms with van der Waals surface area (Å²) in [5.74, 6) is 0.762. The highest BCUT2D eigenvalue weighted by molar-refractivity contribution is 6.30. The first-order chi connectivity index (χ1) is 12.4. The van der Waals surface area contributed by atoms with Gasteiger partial charge in [0.2, 0.25) is 0 Å². The lowest BCUT2D eigenvalue weighted by Crippen LogP contribution is -2.14. The topological polar surface area (TPSA) is 51.4 Å². The Kier molecular flexibility index (Phi) is 7.25. The highest BCUT2D eigenvalue weighted by Crippen LogP contribution is 2.27. The number of benzene rings is 2. The number of likely N-dealkylation sites (N-methyl/N-ethyl adjacent to an activating group) is 1. The van der Waals surface area contributed by atoms with Crippen LogP contribution in [0.15, 0.2) is 48.5 Å². The summed E-state index contributed by atoms with van der Waals surface area (Å²) in [5, 5.41) is 1.75. The lowest BCUT2D eigenvalue weighted by Gasteiger charge is -2.08. The Labute approximate surface area is 160 Å². The fourth-order valence-corrected chi connectivity index (χ4v) is 2.68. The zero-order chi connectivity index (χ0) is 19.1. The maximum Gasteiger partial charge on any atom is 0.145 e. The number of nitrogens with two attached hydrogens (primary N) is 1. The number of hydrogen-bond donors (Lipinski definition) is 1. The number of halogens is 1. The van der Waals surface area contributed by atoms with Crippen molar-refractivity contribution in [2.45, 2.75) is 13.3 Å². The van der Waals surface area contributed by atoms with Gasteiger partial charge in [0, 0.05) is 28.3 Å². The van der Waals surface area contributed by atoms with Gasteiger partial charge in [0.25, 0.3) is 0 Å². The van der Waals surface area contributed by atoms with Gasteiger partial charge < -0.3 is 15.4 Å². The number of para-hydroxylation sites is 1. The first-order valence-corrected chi connectivity index (χ1v) is 8.87. The fraction of sp³-hybridized carbons (Fsp3) is 0.286. The van der Waals surface area contributed by atoms with Crippen molar-refractivity contribution < 1.29 is 4.74 Å². The van der Waals surface area contributed by atoms with E-state index >= 15 is 0 Å². The number of nitrogen functional groups attached to an aromatic ring is 1. The summed E-state index contributed by atoms with van der Waals surface area (Å²) in [5.41, 5.74) is 9.70. The molecule has 0 unspecified atom stereocenters. The maximum absolute atomic E-state index is 5.89. The molecule has 3 aromatic rings. The van der Waals surface area contributed by atoms with Gasteiger partial charge in [-0.15, -0.1) is 0 Å². The molecule has 3 rings (SSSR count). The number of fused-ring (bicyclic) bond motifs is 1. The van der Waals surface area contributed by atoms with Crippen LogP contribution in [0, 0.1) is 6.92 Å². The normalized spacial score (nSPS) is 10.5. The van der Waals surface area contributed by atoms with E-state index < -0.39 is 0 Å². The van der Waals surface area contributed by atoms with E-state index in [0.29, 0.717) is 0 Å². The third-order valence-electron chi connectivity index (χ3n) is 3.94. The molecule has 5 heteroatoms. The van der Waals surface area contributed by atoms with Crippen LogP contribution in [0.4, 0.5) is 5.69 Å². The van der Waals surface area contributed by atoms with E-state index in [0.717, 1.165) is 46.0 Å². The van der Waals surface area contributed by atoms with Gasteiger partial charge >= 0.3 is 0 Å². The van der Waals surface area contributed by atoms with E-state index in [4.69, 9.17) is 22.1 Å². The van der Waals surface area contributed by atoms with Crippen LogP contribution >= 0.6 is 11.6 Å². The zero-order valence-electron chi connectivity index (χ0n) is 15.8. The van der Waals surface area contributed by atoms with Crippen LogP contribution in [0.3, 0.4) is 0 Å². The zero-order valence-corrected chi connectivity index (χ0v) is 16.5. The third-order valence-corrected chi connectivity index (χ3v) is 4.20. The van der Waals surface area contributed by atoms with E-state index in [1.807, 2.05) is 43.3 Å². The van der Waals surface area contributed by atoms with Gasteiger partial charge in [-0.05, 0) is 57.3 Å². The quantitative estimate of drug-likeness (QED) is 0.729. The van der Waals surface area contributed by atoms with E-state index in [9.17, 15) is 0 Å². The van der Waals surface area contributed by atoms with Crippen molar-refractivity contribution in [3.05, 3.63) is 64.8 Å². The molecular weight excluding hydrogens is 346 g/mol. The van der Waals surface area contributed by atoms with Crippen LogP contribution in [0.5, 0.6) is 5.75 Å². The first-order valence-electron chi connectivity index (χ1n) is 8.49. The molecule has 1 heterocycles. The van der Waals surface area contributed by atoms with Gasteiger partial charge in [0.15, 0.2) is 0 Å². The molecule has 0 saturated heterocycles. The lowest BCUT2D eigenvalue weighted by atomic mass is 10.1. The Morgan fingerprint density at radius 2 is 1.81 bits per heavy atom. The van der Waals surface area contributed by atoms with Gasteiger partial charge in [0.1, 0.15) is 11.3 Å². The summed E-state index contributed by atoms with van der Waals surface area (Å²) in [6.07, 6.45) is 1.09. The molecule has 0 saturated carbocycles. The SMILES string of the molecule is CN(C)CCc1ccc(Cl)cc1.COc1cccc2c(N)cc(C)nc12. The summed E-state index contributed by atoms with van der Waals surface area (Å²) in [6.45, 7) is 3.00. The molecule has 0 atom stereocenters. The van der Waals surface area contributed by atoms with Crippen LogP contribution in [0.2, 0.25) is 5.02 Å². The van der Waals surface area contributed by atoms with Crippen molar-refractivity contribution in [3.63, 3.8) is 0 Å². The molecule has 0 aliphatic rings. The smallest absolute Gasteiger partial charge is 0.145 e. The average Bonchev–Trinajstić information content (AvgIpc) is 2.61. The summed E-state index contributed by atoms with van der Waals surface area (Å²) < 4.78 is 5.22. The highest BCUT2D eigenvalue weighted by atomic mass is 35.5. The largest absolute Gasteiger partial charge is 0.494 e. The van der Waals surface area contributed by atoms with Crippen molar-refractivity contribution in [2.24, 2.45) is 0 Å². The molecule has 0 fully saturated rings. The minimum atomic E-state index is 0.742. The number of ether oxygens (including phenoxy) is 1. The molecule has 0 spiro atoms. The molecule has 0 aliphatic heterocycles. The minimum absolute atomic E-state index is 0.742. The van der Waals surface area contributed by atoms with Crippen molar-refractivity contribution >= 4 is 28.2 Å². The van der Waals surface area contributed by atoms with Gasteiger partial charge in [-0.2, -0.15) is 0 Å². The summed E-state index contributed by atoms with van der Waals surface area (Å²) >= 11 is 5.76. The molecule has 0 bridgehead atoms. The second kappa shape index (κ2) is 9.41. The molecule has 2 aromatic carbocycles. The number of pyridine rings is 1. The molecule has 138 valence electrons. The van der Waals surface area contributed by atoms with Crippen LogP contribution in [-0.2, 0) is 6.42 Å². The van der Waals surface area contributed by atoms with E-state index in [-0.39, 0.29) is 0 Å². The Balaban J connectivity index is 0.000000190. The summed E-state index contributed by atoms with van der Waals surface area (Å²) in [7, 11) is 5.79. The van der Waals surface area contributed by atoms with E-state index in [1.54, 1.807) is 7.11 Å². The number of anilines is 1. The van der Waals surface area contributed by atoms with Crippen molar-refractivity contribution in [2.75, 3.05) is 33.5 Å². The van der Waals surface area contributed by atoms with Crippen LogP contribution in [0.25, 0.3) is 10.9 Å². The Morgan fingerprint density at radius 3 is 2.42 bits per heavy atom. The number of aryl methyl sites for hydroxylation is 1. The predicted octanol–water partition coefficient (Wildman–Crippen LogP) is 4.58. The second-order valence-corrected chi connectivity index (χ2v) is 6.83. The number of methoxy groups -OCH3 is 1. The van der Waals surface area contributed by atoms with Crippen molar-refractivity contribution in [1.29, 1.82) is 0 Å².